The standard InChI is InChI=1S/C23H19FN4O3/c1-26(2)15-9-11-16(12-10-15)27-13-5-6-17(27)14-18-21(29)25-23(31)28(22(18)30)20-8-4-3-7-19(20)24/h3-14H,1-2H3,(H,25,29,31). The van der Waals surface area contributed by atoms with E-state index in [0.29, 0.717) is 10.6 Å². The van der Waals surface area contributed by atoms with E-state index >= 15 is 0 Å². The van der Waals surface area contributed by atoms with Crippen LogP contribution in [0.15, 0.2) is 72.4 Å². The largest absolute Gasteiger partial charge is 0.378 e. The molecule has 0 saturated carbocycles. The highest BCUT2D eigenvalue weighted by Gasteiger charge is 2.38. The summed E-state index contributed by atoms with van der Waals surface area (Å²) in [6.45, 7) is 0. The van der Waals surface area contributed by atoms with Gasteiger partial charge in [0.1, 0.15) is 11.4 Å². The van der Waals surface area contributed by atoms with Gasteiger partial charge in [0, 0.05) is 37.4 Å². The van der Waals surface area contributed by atoms with Crippen molar-refractivity contribution >= 4 is 35.3 Å². The van der Waals surface area contributed by atoms with Gasteiger partial charge in [-0.3, -0.25) is 14.9 Å². The molecule has 0 radical (unpaired) electrons. The lowest BCUT2D eigenvalue weighted by molar-refractivity contribution is -0.122. The minimum atomic E-state index is -0.994. The Balaban J connectivity index is 1.73. The van der Waals surface area contributed by atoms with Crippen LogP contribution in [0.1, 0.15) is 5.69 Å². The average Bonchev–Trinajstić information content (AvgIpc) is 3.20. The number of carbonyl (C=O) groups excluding carboxylic acids is 3. The van der Waals surface area contributed by atoms with Gasteiger partial charge in [-0.1, -0.05) is 12.1 Å². The number of imide groups is 2. The smallest absolute Gasteiger partial charge is 0.336 e. The highest BCUT2D eigenvalue weighted by atomic mass is 19.1. The highest BCUT2D eigenvalue weighted by molar-refractivity contribution is 6.39. The molecule has 1 N–H and O–H groups in total. The summed E-state index contributed by atoms with van der Waals surface area (Å²) in [6.07, 6.45) is 3.18. The molecule has 2 heterocycles. The van der Waals surface area contributed by atoms with E-state index in [-0.39, 0.29) is 11.3 Å². The minimum absolute atomic E-state index is 0.224. The lowest BCUT2D eigenvalue weighted by Gasteiger charge is -2.26. The van der Waals surface area contributed by atoms with Gasteiger partial charge in [0.05, 0.1) is 5.69 Å². The van der Waals surface area contributed by atoms with Gasteiger partial charge in [-0.25, -0.2) is 14.1 Å². The molecule has 4 rings (SSSR count). The fourth-order valence-electron chi connectivity index (χ4n) is 3.32. The van der Waals surface area contributed by atoms with Crippen LogP contribution in [0.5, 0.6) is 0 Å². The predicted molar refractivity (Wildman–Crippen MR) is 115 cm³/mol. The molecule has 1 aliphatic rings. The summed E-state index contributed by atoms with van der Waals surface area (Å²) in [5.41, 5.74) is 1.91. The first-order valence-electron chi connectivity index (χ1n) is 9.48. The third kappa shape index (κ3) is 3.71. The second kappa shape index (κ2) is 7.91. The molecule has 4 amide bonds. The number of urea groups is 1. The van der Waals surface area contributed by atoms with E-state index in [4.69, 9.17) is 0 Å². The van der Waals surface area contributed by atoms with Gasteiger partial charge in [0.25, 0.3) is 11.8 Å². The molecule has 1 aromatic heterocycles. The van der Waals surface area contributed by atoms with Crippen molar-refractivity contribution < 1.29 is 18.8 Å². The number of nitrogens with zero attached hydrogens (tertiary/aromatic N) is 3. The van der Waals surface area contributed by atoms with E-state index in [1.165, 1.54) is 24.3 Å². The molecule has 0 aliphatic carbocycles. The second-order valence-corrected chi connectivity index (χ2v) is 7.12. The lowest BCUT2D eigenvalue weighted by Crippen LogP contribution is -2.54. The highest BCUT2D eigenvalue weighted by Crippen LogP contribution is 2.25. The number of aromatic nitrogens is 1. The van der Waals surface area contributed by atoms with E-state index in [0.717, 1.165) is 17.4 Å². The molecule has 8 heteroatoms. The molecule has 0 atom stereocenters. The number of anilines is 2. The summed E-state index contributed by atoms with van der Waals surface area (Å²) in [7, 11) is 3.88. The number of rotatable bonds is 4. The number of halogens is 1. The second-order valence-electron chi connectivity index (χ2n) is 7.12. The van der Waals surface area contributed by atoms with Crippen LogP contribution >= 0.6 is 0 Å². The molecule has 1 fully saturated rings. The van der Waals surface area contributed by atoms with Gasteiger partial charge < -0.3 is 9.47 Å². The third-order valence-electron chi connectivity index (χ3n) is 4.91. The van der Waals surface area contributed by atoms with Crippen LogP contribution in [-0.4, -0.2) is 36.5 Å². The van der Waals surface area contributed by atoms with Crippen LogP contribution in [0, 0.1) is 5.82 Å². The fraction of sp³-hybridized carbons (Fsp3) is 0.0870. The first-order chi connectivity index (χ1) is 14.9. The fourth-order valence-corrected chi connectivity index (χ4v) is 3.32. The van der Waals surface area contributed by atoms with Gasteiger partial charge in [-0.05, 0) is 54.6 Å². The van der Waals surface area contributed by atoms with Crippen molar-refractivity contribution in [2.24, 2.45) is 0 Å². The van der Waals surface area contributed by atoms with E-state index < -0.39 is 23.7 Å². The summed E-state index contributed by atoms with van der Waals surface area (Å²) >= 11 is 0. The maximum Gasteiger partial charge on any atom is 0.336 e. The summed E-state index contributed by atoms with van der Waals surface area (Å²) < 4.78 is 16.0. The van der Waals surface area contributed by atoms with Crippen molar-refractivity contribution in [3.8, 4) is 5.69 Å². The molecule has 1 aliphatic heterocycles. The molecule has 1 saturated heterocycles. The van der Waals surface area contributed by atoms with Crippen molar-refractivity contribution in [1.29, 1.82) is 0 Å². The Morgan fingerprint density at radius 2 is 1.65 bits per heavy atom. The van der Waals surface area contributed by atoms with Crippen LogP contribution in [-0.2, 0) is 9.59 Å². The normalized spacial score (nSPS) is 15.4. The molecule has 156 valence electrons. The molecule has 0 unspecified atom stereocenters. The van der Waals surface area contributed by atoms with Crippen molar-refractivity contribution in [2.45, 2.75) is 0 Å². The Morgan fingerprint density at radius 3 is 2.32 bits per heavy atom. The molecule has 0 bridgehead atoms. The Hall–Kier alpha value is -4.20. The number of carbonyl (C=O) groups is 3. The topological polar surface area (TPSA) is 74.7 Å². The van der Waals surface area contributed by atoms with Crippen LogP contribution in [0.25, 0.3) is 11.8 Å². The van der Waals surface area contributed by atoms with E-state index in [9.17, 15) is 18.8 Å². The number of amides is 4. The number of para-hydroxylation sites is 1. The number of benzene rings is 2. The number of nitrogens with one attached hydrogen (secondary N) is 1. The predicted octanol–water partition coefficient (Wildman–Crippen LogP) is 3.35. The minimum Gasteiger partial charge on any atom is -0.378 e. The van der Waals surface area contributed by atoms with Crippen LogP contribution in [0.4, 0.5) is 20.6 Å². The number of barbiturate groups is 1. The summed E-state index contributed by atoms with van der Waals surface area (Å²) in [4.78, 5) is 40.3. The van der Waals surface area contributed by atoms with Crippen molar-refractivity contribution in [3.63, 3.8) is 0 Å². The maximum absolute atomic E-state index is 14.2. The Bertz CT molecular complexity index is 1210. The Labute approximate surface area is 178 Å². The monoisotopic (exact) mass is 418 g/mol. The van der Waals surface area contributed by atoms with Crippen molar-refractivity contribution in [3.05, 3.63) is 83.9 Å². The quantitative estimate of drug-likeness (QED) is 0.521. The van der Waals surface area contributed by atoms with E-state index in [2.05, 4.69) is 5.32 Å². The molecule has 3 aromatic rings. The van der Waals surface area contributed by atoms with Crippen LogP contribution in [0.3, 0.4) is 0 Å². The number of hydrogen-bond donors (Lipinski definition) is 1. The summed E-state index contributed by atoms with van der Waals surface area (Å²) in [5.74, 6) is -2.48. The van der Waals surface area contributed by atoms with Gasteiger partial charge in [-0.15, -0.1) is 0 Å². The van der Waals surface area contributed by atoms with E-state index in [1.807, 2.05) is 43.3 Å². The van der Waals surface area contributed by atoms with Crippen molar-refractivity contribution in [1.82, 2.24) is 9.88 Å². The molecule has 0 spiro atoms. The first kappa shape index (κ1) is 20.1. The van der Waals surface area contributed by atoms with Crippen LogP contribution in [0.2, 0.25) is 0 Å². The Morgan fingerprint density at radius 1 is 0.935 bits per heavy atom. The molecule has 2 aromatic carbocycles. The average molecular weight is 418 g/mol. The SMILES string of the molecule is CN(C)c1ccc(-n2cccc2C=C2C(=O)NC(=O)N(c3ccccc3F)C2=O)cc1. The van der Waals surface area contributed by atoms with Gasteiger partial charge in [0.2, 0.25) is 0 Å². The van der Waals surface area contributed by atoms with Crippen molar-refractivity contribution in [2.75, 3.05) is 23.9 Å². The van der Waals surface area contributed by atoms with Gasteiger partial charge >= 0.3 is 6.03 Å². The van der Waals surface area contributed by atoms with Gasteiger partial charge in [-0.2, -0.15) is 0 Å². The third-order valence-corrected chi connectivity index (χ3v) is 4.91. The van der Waals surface area contributed by atoms with Gasteiger partial charge in [0.15, 0.2) is 0 Å². The molecule has 31 heavy (non-hydrogen) atoms. The Kier molecular flexibility index (Phi) is 5.12. The summed E-state index contributed by atoms with van der Waals surface area (Å²) in [5, 5.41) is 2.10. The van der Waals surface area contributed by atoms with Crippen LogP contribution < -0.4 is 15.1 Å². The molecule has 7 nitrogen and oxygen atoms in total. The molecular weight excluding hydrogens is 399 g/mol. The zero-order valence-electron chi connectivity index (χ0n) is 16.9. The maximum atomic E-state index is 14.2. The number of hydrogen-bond acceptors (Lipinski definition) is 4. The first-order valence-corrected chi connectivity index (χ1v) is 9.48. The zero-order chi connectivity index (χ0) is 22.1. The zero-order valence-corrected chi connectivity index (χ0v) is 16.9. The molecular formula is C23H19FN4O3. The summed E-state index contributed by atoms with van der Waals surface area (Å²) in [6, 6.07) is 15.6. The van der Waals surface area contributed by atoms with E-state index in [1.54, 1.807) is 22.9 Å². The lowest BCUT2D eigenvalue weighted by atomic mass is 10.1.